The van der Waals surface area contributed by atoms with E-state index in [1.165, 1.54) is 20.7 Å². The molecule has 0 saturated carbocycles. The van der Waals surface area contributed by atoms with Gasteiger partial charge in [-0.3, -0.25) is 0 Å². The minimum atomic E-state index is -2.28. The molecule has 0 N–H and O–H groups in total. The zero-order chi connectivity index (χ0) is 28.1. The van der Waals surface area contributed by atoms with Crippen molar-refractivity contribution in [2.24, 2.45) is 0 Å². The average Bonchev–Trinajstić information content (AvgIpc) is 2.95. The SMILES string of the molecule is COc1cccc([SiH](O[SiH](c2cccc(OC)c2C)c2cccc(OC)c2C)c2cccc(OC)c2C)c1C. The van der Waals surface area contributed by atoms with Gasteiger partial charge in [0.2, 0.25) is 18.1 Å². The van der Waals surface area contributed by atoms with Crippen molar-refractivity contribution in [2.75, 3.05) is 28.4 Å². The summed E-state index contributed by atoms with van der Waals surface area (Å²) < 4.78 is 30.5. The first-order chi connectivity index (χ1) is 18.9. The van der Waals surface area contributed by atoms with Crippen molar-refractivity contribution in [1.82, 2.24) is 0 Å². The summed E-state index contributed by atoms with van der Waals surface area (Å²) in [4.78, 5) is 0. The zero-order valence-electron chi connectivity index (χ0n) is 24.1. The molecule has 204 valence electrons. The Morgan fingerprint density at radius 3 is 0.821 bits per heavy atom. The van der Waals surface area contributed by atoms with E-state index in [0.29, 0.717) is 0 Å². The average molecular weight is 559 g/mol. The first-order valence-corrected chi connectivity index (χ1v) is 16.3. The predicted molar refractivity (Wildman–Crippen MR) is 165 cm³/mol. The number of methoxy groups -OCH3 is 4. The number of ether oxygens (including phenoxy) is 4. The molecule has 4 rings (SSSR count). The van der Waals surface area contributed by atoms with E-state index < -0.39 is 18.1 Å². The summed E-state index contributed by atoms with van der Waals surface area (Å²) in [5.41, 5.74) is 4.43. The van der Waals surface area contributed by atoms with Crippen molar-refractivity contribution in [3.8, 4) is 23.0 Å². The highest BCUT2D eigenvalue weighted by Gasteiger charge is 2.32. The number of rotatable bonds is 10. The van der Waals surface area contributed by atoms with Crippen LogP contribution in [-0.2, 0) is 4.12 Å². The van der Waals surface area contributed by atoms with Crippen molar-refractivity contribution < 1.29 is 23.1 Å². The van der Waals surface area contributed by atoms with E-state index >= 15 is 0 Å². The van der Waals surface area contributed by atoms with Gasteiger partial charge in [-0.25, -0.2) is 0 Å². The summed E-state index contributed by atoms with van der Waals surface area (Å²) in [5.74, 6) is 3.45. The lowest BCUT2D eigenvalue weighted by atomic mass is 10.2. The Bertz CT molecular complexity index is 1240. The quantitative estimate of drug-likeness (QED) is 0.280. The van der Waals surface area contributed by atoms with E-state index in [2.05, 4.69) is 76.2 Å². The molecule has 0 radical (unpaired) electrons. The third-order valence-electron chi connectivity index (χ3n) is 7.59. The van der Waals surface area contributed by atoms with Gasteiger partial charge in [0.15, 0.2) is 0 Å². The highest BCUT2D eigenvalue weighted by Crippen LogP contribution is 2.22. The monoisotopic (exact) mass is 558 g/mol. The van der Waals surface area contributed by atoms with Crippen molar-refractivity contribution in [3.63, 3.8) is 0 Å². The summed E-state index contributed by atoms with van der Waals surface area (Å²) in [5, 5.41) is 4.79. The molecule has 7 heteroatoms. The lowest BCUT2D eigenvalue weighted by molar-refractivity contribution is 0.412. The van der Waals surface area contributed by atoms with Crippen LogP contribution in [0.4, 0.5) is 0 Å². The lowest BCUT2D eigenvalue weighted by Crippen LogP contribution is -2.58. The van der Waals surface area contributed by atoms with E-state index in [-0.39, 0.29) is 0 Å². The lowest BCUT2D eigenvalue weighted by Gasteiger charge is -2.30. The van der Waals surface area contributed by atoms with E-state index in [9.17, 15) is 0 Å². The Labute approximate surface area is 235 Å². The second-order valence-electron chi connectivity index (χ2n) is 9.59. The summed E-state index contributed by atoms with van der Waals surface area (Å²) in [6.07, 6.45) is 0. The molecular formula is C32H38O5Si2. The maximum absolute atomic E-state index is 7.57. The molecule has 0 atom stereocenters. The first-order valence-electron chi connectivity index (χ1n) is 13.1. The van der Waals surface area contributed by atoms with Crippen LogP contribution in [0.3, 0.4) is 0 Å². The molecule has 5 nitrogen and oxygen atoms in total. The zero-order valence-corrected chi connectivity index (χ0v) is 26.4. The molecule has 0 saturated heterocycles. The van der Waals surface area contributed by atoms with Crippen molar-refractivity contribution in [3.05, 3.63) is 95.1 Å². The van der Waals surface area contributed by atoms with Gasteiger partial charge in [0, 0.05) is 0 Å². The molecule has 0 spiro atoms. The van der Waals surface area contributed by atoms with Crippen molar-refractivity contribution in [2.45, 2.75) is 27.7 Å². The van der Waals surface area contributed by atoms with Crippen LogP contribution in [0.1, 0.15) is 22.3 Å². The third-order valence-corrected chi connectivity index (χ3v) is 14.5. The molecule has 39 heavy (non-hydrogen) atoms. The second kappa shape index (κ2) is 12.6. The fourth-order valence-electron chi connectivity index (χ4n) is 5.31. The Hall–Kier alpha value is -3.53. The molecule has 0 amide bonds. The van der Waals surface area contributed by atoms with Crippen LogP contribution in [0.5, 0.6) is 23.0 Å². The third kappa shape index (κ3) is 5.61. The molecular weight excluding hydrogens is 521 g/mol. The minimum absolute atomic E-state index is 0.863. The Balaban J connectivity index is 2.00. The van der Waals surface area contributed by atoms with Gasteiger partial charge in [-0.2, -0.15) is 0 Å². The molecule has 0 aliphatic carbocycles. The van der Waals surface area contributed by atoms with Gasteiger partial charge in [0.25, 0.3) is 0 Å². The molecule has 4 aromatic carbocycles. The van der Waals surface area contributed by atoms with Crippen LogP contribution in [0.25, 0.3) is 0 Å². The molecule has 0 unspecified atom stereocenters. The van der Waals surface area contributed by atoms with Gasteiger partial charge in [0.1, 0.15) is 23.0 Å². The second-order valence-corrected chi connectivity index (χ2v) is 14.7. The molecule has 0 aliphatic rings. The van der Waals surface area contributed by atoms with Gasteiger partial charge in [-0.1, -0.05) is 48.5 Å². The van der Waals surface area contributed by atoms with Gasteiger partial charge in [-0.05, 0) is 95.0 Å². The largest absolute Gasteiger partial charge is 0.496 e. The molecule has 0 heterocycles. The number of hydrogen-bond donors (Lipinski definition) is 0. The minimum Gasteiger partial charge on any atom is -0.496 e. The van der Waals surface area contributed by atoms with Gasteiger partial charge in [-0.15, -0.1) is 0 Å². The predicted octanol–water partition coefficient (Wildman–Crippen LogP) is 3.35. The number of hydrogen-bond acceptors (Lipinski definition) is 5. The highest BCUT2D eigenvalue weighted by atomic mass is 28.4. The van der Waals surface area contributed by atoms with Gasteiger partial charge in [0.05, 0.1) is 28.4 Å². The van der Waals surface area contributed by atoms with E-state index in [1.54, 1.807) is 28.4 Å². The summed E-state index contributed by atoms with van der Waals surface area (Å²) in [6, 6.07) is 25.0. The van der Waals surface area contributed by atoms with Crippen LogP contribution in [-0.4, -0.2) is 46.5 Å². The fourth-order valence-corrected chi connectivity index (χ4v) is 12.7. The smallest absolute Gasteiger partial charge is 0.229 e. The highest BCUT2D eigenvalue weighted by molar-refractivity contribution is 6.92. The molecule has 0 aromatic heterocycles. The van der Waals surface area contributed by atoms with Crippen molar-refractivity contribution >= 4 is 38.8 Å². The molecule has 0 aliphatic heterocycles. The van der Waals surface area contributed by atoms with Crippen LogP contribution in [0, 0.1) is 27.7 Å². The van der Waals surface area contributed by atoms with E-state index in [1.807, 2.05) is 24.3 Å². The molecule has 0 fully saturated rings. The standard InChI is InChI=1S/C32H38O5Si2/c1-21-25(33-5)13-9-17-29(21)38(30-18-10-14-26(34-6)22(30)2)37-39(31-19-11-15-27(35-7)23(31)3)32-20-12-16-28(36-8)24(32)4/h9-20,38-39H,1-8H3. The molecule has 4 aromatic rings. The van der Waals surface area contributed by atoms with Crippen LogP contribution in [0.15, 0.2) is 72.8 Å². The number of benzene rings is 4. The van der Waals surface area contributed by atoms with Gasteiger partial charge >= 0.3 is 0 Å². The van der Waals surface area contributed by atoms with E-state index in [4.69, 9.17) is 23.1 Å². The fraction of sp³-hybridized carbons (Fsp3) is 0.250. The Morgan fingerprint density at radius 1 is 0.385 bits per heavy atom. The Kier molecular flexibility index (Phi) is 9.17. The van der Waals surface area contributed by atoms with E-state index in [0.717, 1.165) is 45.3 Å². The molecule has 0 bridgehead atoms. The first kappa shape index (κ1) is 28.5. The maximum atomic E-state index is 7.57. The van der Waals surface area contributed by atoms with Crippen LogP contribution in [0.2, 0.25) is 0 Å². The summed E-state index contributed by atoms with van der Waals surface area (Å²) >= 11 is 0. The van der Waals surface area contributed by atoms with Gasteiger partial charge < -0.3 is 23.1 Å². The van der Waals surface area contributed by atoms with Crippen molar-refractivity contribution in [1.29, 1.82) is 0 Å². The Morgan fingerprint density at radius 2 is 0.615 bits per heavy atom. The maximum Gasteiger partial charge on any atom is 0.229 e. The summed E-state index contributed by atoms with van der Waals surface area (Å²) in [7, 11) is 2.32. The van der Waals surface area contributed by atoms with Crippen LogP contribution < -0.4 is 39.7 Å². The normalized spacial score (nSPS) is 11.1. The summed E-state index contributed by atoms with van der Waals surface area (Å²) in [6.45, 7) is 8.49. The van der Waals surface area contributed by atoms with Crippen LogP contribution >= 0.6 is 0 Å². The topological polar surface area (TPSA) is 46.2 Å².